The van der Waals surface area contributed by atoms with Crippen LogP contribution in [0.3, 0.4) is 0 Å². The lowest BCUT2D eigenvalue weighted by Crippen LogP contribution is -3.16. The Morgan fingerprint density at radius 2 is 1.89 bits per heavy atom. The van der Waals surface area contributed by atoms with Crippen LogP contribution in [0, 0.1) is 24.2 Å². The second-order valence-electron chi connectivity index (χ2n) is 7.78. The van der Waals surface area contributed by atoms with Gasteiger partial charge in [-0.25, -0.2) is 8.42 Å². The molecule has 27 heavy (non-hydrogen) atoms. The number of piperazine rings is 1. The van der Waals surface area contributed by atoms with Crippen LogP contribution in [0.1, 0.15) is 25.3 Å². The third kappa shape index (κ3) is 4.49. The zero-order chi connectivity index (χ0) is 19.7. The number of quaternary nitrogens is 1. The van der Waals surface area contributed by atoms with Gasteiger partial charge in [-0.1, -0.05) is 17.7 Å². The summed E-state index contributed by atoms with van der Waals surface area (Å²) in [5.74, 6) is 0.105. The Labute approximate surface area is 161 Å². The summed E-state index contributed by atoms with van der Waals surface area (Å²) in [6, 6.07) is 9.10. The number of rotatable bonds is 6. The Balaban J connectivity index is 1.53. The maximum Gasteiger partial charge on any atom is 0.276 e. The largest absolute Gasteiger partial charge is 0.333 e. The van der Waals surface area contributed by atoms with Gasteiger partial charge < -0.3 is 10.2 Å². The first kappa shape index (κ1) is 19.8. The Bertz CT molecular complexity index is 835. The number of hydrogen-bond donors (Lipinski definition) is 2. The monoisotopic (exact) mass is 391 g/mol. The van der Waals surface area contributed by atoms with E-state index in [4.69, 9.17) is 0 Å². The number of nitrogens with zero attached hydrogens (tertiary/aromatic N) is 2. The fourth-order valence-corrected chi connectivity index (χ4v) is 4.96. The molecule has 0 bridgehead atoms. The molecule has 1 saturated heterocycles. The summed E-state index contributed by atoms with van der Waals surface area (Å²) in [5, 5.41) is 12.2. The summed E-state index contributed by atoms with van der Waals surface area (Å²) in [6.45, 7) is 5.89. The van der Waals surface area contributed by atoms with Crippen LogP contribution in [-0.4, -0.2) is 56.9 Å². The molecule has 2 aliphatic rings. The second kappa shape index (κ2) is 7.58. The molecule has 1 amide bonds. The van der Waals surface area contributed by atoms with Crippen molar-refractivity contribution in [1.29, 1.82) is 5.26 Å². The van der Waals surface area contributed by atoms with Crippen LogP contribution < -0.4 is 10.2 Å². The maximum atomic E-state index is 12.7. The molecule has 1 aromatic carbocycles. The molecule has 3 rings (SSSR count). The van der Waals surface area contributed by atoms with Crippen LogP contribution in [0.25, 0.3) is 0 Å². The summed E-state index contributed by atoms with van der Waals surface area (Å²) in [5.41, 5.74) is 0.234. The molecule has 2 N–H and O–H groups in total. The highest BCUT2D eigenvalue weighted by Gasteiger charge is 2.43. The number of amides is 1. The second-order valence-corrected chi connectivity index (χ2v) is 9.72. The number of nitriles is 1. The Kier molecular flexibility index (Phi) is 5.56. The number of carbonyl (C=O) groups is 1. The van der Waals surface area contributed by atoms with Crippen LogP contribution in [0.4, 0.5) is 0 Å². The van der Waals surface area contributed by atoms with E-state index in [1.165, 1.54) is 4.31 Å². The van der Waals surface area contributed by atoms with Crippen LogP contribution in [0.5, 0.6) is 0 Å². The average molecular weight is 392 g/mol. The first-order valence-electron chi connectivity index (χ1n) is 9.37. The number of sulfonamides is 1. The number of nitrogens with one attached hydrogen (secondary N) is 2. The fraction of sp³-hybridized carbons (Fsp3) is 0.579. The first-order chi connectivity index (χ1) is 12.7. The van der Waals surface area contributed by atoms with Crippen molar-refractivity contribution in [3.8, 4) is 6.07 Å². The minimum atomic E-state index is -3.49. The summed E-state index contributed by atoms with van der Waals surface area (Å²) in [7, 11) is -3.49. The van der Waals surface area contributed by atoms with Crippen LogP contribution in [0.2, 0.25) is 0 Å². The quantitative estimate of drug-likeness (QED) is 0.696. The lowest BCUT2D eigenvalue weighted by atomic mass is 9.98. The van der Waals surface area contributed by atoms with Gasteiger partial charge in [0.2, 0.25) is 10.0 Å². The summed E-state index contributed by atoms with van der Waals surface area (Å²) in [4.78, 5) is 13.7. The van der Waals surface area contributed by atoms with Gasteiger partial charge in [0.05, 0.1) is 37.1 Å². The SMILES string of the molecule is Cc1ccc(S(=O)(=O)N2CC[NH+](CC(=O)N[C@](C)(C#N)C3CC3)CC2)cc1. The average Bonchev–Trinajstić information content (AvgIpc) is 3.48. The molecular weight excluding hydrogens is 364 g/mol. The van der Waals surface area contributed by atoms with Crippen molar-refractivity contribution in [2.45, 2.75) is 37.1 Å². The van der Waals surface area contributed by atoms with E-state index in [-0.39, 0.29) is 18.4 Å². The van der Waals surface area contributed by atoms with Crippen molar-refractivity contribution >= 4 is 15.9 Å². The predicted molar refractivity (Wildman–Crippen MR) is 100 cm³/mol. The van der Waals surface area contributed by atoms with E-state index in [1.54, 1.807) is 31.2 Å². The Hall–Kier alpha value is -1.95. The van der Waals surface area contributed by atoms with E-state index in [0.717, 1.165) is 23.3 Å². The third-order valence-corrected chi connectivity index (χ3v) is 7.44. The third-order valence-electron chi connectivity index (χ3n) is 5.52. The number of benzene rings is 1. The molecule has 1 saturated carbocycles. The van der Waals surface area contributed by atoms with Gasteiger partial charge in [-0.15, -0.1) is 0 Å². The lowest BCUT2D eigenvalue weighted by molar-refractivity contribution is -0.895. The number of carbonyl (C=O) groups excluding carboxylic acids is 1. The van der Waals surface area contributed by atoms with Crippen molar-refractivity contribution < 1.29 is 18.1 Å². The van der Waals surface area contributed by atoms with Crippen molar-refractivity contribution in [3.05, 3.63) is 29.8 Å². The van der Waals surface area contributed by atoms with Gasteiger partial charge in [0.1, 0.15) is 5.54 Å². The van der Waals surface area contributed by atoms with E-state index in [9.17, 15) is 18.5 Å². The zero-order valence-electron chi connectivity index (χ0n) is 15.9. The summed E-state index contributed by atoms with van der Waals surface area (Å²) in [6.07, 6.45) is 1.96. The molecule has 0 aromatic heterocycles. The highest BCUT2D eigenvalue weighted by molar-refractivity contribution is 7.89. The summed E-state index contributed by atoms with van der Waals surface area (Å²) < 4.78 is 27.0. The van der Waals surface area contributed by atoms with Gasteiger partial charge in [-0.05, 0) is 44.7 Å². The van der Waals surface area contributed by atoms with E-state index >= 15 is 0 Å². The van der Waals surface area contributed by atoms with Crippen molar-refractivity contribution in [3.63, 3.8) is 0 Å². The fourth-order valence-electron chi connectivity index (χ4n) is 3.52. The Morgan fingerprint density at radius 1 is 1.30 bits per heavy atom. The van der Waals surface area contributed by atoms with Crippen LogP contribution in [-0.2, 0) is 14.8 Å². The maximum absolute atomic E-state index is 12.7. The van der Waals surface area contributed by atoms with E-state index in [1.807, 2.05) is 6.92 Å². The molecule has 146 valence electrons. The topological polar surface area (TPSA) is 94.7 Å². The molecule has 1 atom stereocenters. The minimum absolute atomic E-state index is 0.143. The van der Waals surface area contributed by atoms with Gasteiger partial charge in [-0.3, -0.25) is 4.79 Å². The molecule has 1 aliphatic carbocycles. The molecule has 1 aromatic rings. The van der Waals surface area contributed by atoms with Gasteiger partial charge in [-0.2, -0.15) is 9.57 Å². The molecular formula is C19H27N4O3S+. The van der Waals surface area contributed by atoms with Gasteiger partial charge in [0.25, 0.3) is 5.91 Å². The predicted octanol–water partition coefficient (Wildman–Crippen LogP) is -0.307. The highest BCUT2D eigenvalue weighted by atomic mass is 32.2. The standard InChI is InChI=1S/C19H26N4O3S/c1-15-3-7-17(8-4-15)27(25,26)23-11-9-22(10-12-23)13-18(24)21-19(2,14-20)16-5-6-16/h3-4,7-8,16H,5-6,9-13H2,1-2H3,(H,21,24)/p+1/t19-/m1/s1. The van der Waals surface area contributed by atoms with Crippen LogP contribution >= 0.6 is 0 Å². The lowest BCUT2D eigenvalue weighted by Gasteiger charge is -2.32. The van der Waals surface area contributed by atoms with Crippen molar-refractivity contribution in [2.75, 3.05) is 32.7 Å². The molecule has 8 heteroatoms. The zero-order valence-corrected chi connectivity index (χ0v) is 16.7. The first-order valence-corrected chi connectivity index (χ1v) is 10.8. The van der Waals surface area contributed by atoms with Gasteiger partial charge in [0.15, 0.2) is 6.54 Å². The number of hydrogen-bond acceptors (Lipinski definition) is 4. The van der Waals surface area contributed by atoms with E-state index in [0.29, 0.717) is 31.1 Å². The molecule has 1 heterocycles. The van der Waals surface area contributed by atoms with Crippen LogP contribution in [0.15, 0.2) is 29.2 Å². The van der Waals surface area contributed by atoms with Gasteiger partial charge in [0, 0.05) is 0 Å². The van der Waals surface area contributed by atoms with Crippen molar-refractivity contribution in [1.82, 2.24) is 9.62 Å². The summed E-state index contributed by atoms with van der Waals surface area (Å²) >= 11 is 0. The normalized spacial score (nSPS) is 21.2. The molecule has 0 unspecified atom stereocenters. The van der Waals surface area contributed by atoms with E-state index in [2.05, 4.69) is 11.4 Å². The van der Waals surface area contributed by atoms with Crippen molar-refractivity contribution in [2.24, 2.45) is 5.92 Å². The Morgan fingerprint density at radius 3 is 2.41 bits per heavy atom. The molecule has 7 nitrogen and oxygen atoms in total. The molecule has 2 fully saturated rings. The highest BCUT2D eigenvalue weighted by Crippen LogP contribution is 2.39. The number of aryl methyl sites for hydroxylation is 1. The molecule has 0 radical (unpaired) electrons. The smallest absolute Gasteiger partial charge is 0.276 e. The molecule has 0 spiro atoms. The van der Waals surface area contributed by atoms with E-state index < -0.39 is 15.6 Å². The minimum Gasteiger partial charge on any atom is -0.333 e. The van der Waals surface area contributed by atoms with Gasteiger partial charge >= 0.3 is 0 Å². The molecule has 1 aliphatic heterocycles.